The Hall–Kier alpha value is -0.318. The molecule has 0 amide bonds. The number of hydrogen-bond acceptors (Lipinski definition) is 12. The van der Waals surface area contributed by atoms with Crippen LogP contribution in [-0.2, 0) is 9.47 Å². The summed E-state index contributed by atoms with van der Waals surface area (Å²) < 4.78 is 32.0. The van der Waals surface area contributed by atoms with Crippen molar-refractivity contribution in [2.75, 3.05) is 13.2 Å². The minimum atomic E-state index is -2.29. The van der Waals surface area contributed by atoms with Gasteiger partial charge in [-0.05, 0) is 59.2 Å². The van der Waals surface area contributed by atoms with Crippen molar-refractivity contribution in [3.63, 3.8) is 0 Å². The molecular weight excluding hydrogens is 1330 g/mol. The number of unbranched alkanes of at least 4 members (excludes halogenated alkanes) is 3. The van der Waals surface area contributed by atoms with Gasteiger partial charge in [-0.1, -0.05) is 83.8 Å². The van der Waals surface area contributed by atoms with Gasteiger partial charge in [-0.2, -0.15) is 0 Å². The van der Waals surface area contributed by atoms with Gasteiger partial charge < -0.3 is 9.47 Å². The number of halogens is 3. The Bertz CT molecular complexity index is 3100. The van der Waals surface area contributed by atoms with E-state index in [1.54, 1.807) is 67.4 Å². The molecule has 438 valence electrons. The minimum absolute atomic E-state index is 0. The number of hydrogen-bond donors (Lipinski definition) is 0. The third-order valence-electron chi connectivity index (χ3n) is 16.4. The zero-order valence-corrected chi connectivity index (χ0v) is 62.9. The third kappa shape index (κ3) is 14.6. The van der Waals surface area contributed by atoms with Crippen LogP contribution in [0.15, 0.2) is 36.4 Å². The quantitative estimate of drug-likeness (QED) is 0.0473. The molecule has 0 spiro atoms. The van der Waals surface area contributed by atoms with Gasteiger partial charge in [0, 0.05) is 23.7 Å². The third-order valence-corrected chi connectivity index (χ3v) is 60.5. The Kier molecular flexibility index (Phi) is 26.7. The predicted octanol–water partition coefficient (Wildman–Crippen LogP) is 24.6. The van der Waals surface area contributed by atoms with Gasteiger partial charge in [0.1, 0.15) is 18.0 Å². The summed E-state index contributed by atoms with van der Waals surface area (Å²) >= 11 is 29.8. The summed E-state index contributed by atoms with van der Waals surface area (Å²) in [4.78, 5) is 26.6. The Morgan fingerprint density at radius 3 is 1.24 bits per heavy atom. The van der Waals surface area contributed by atoms with Gasteiger partial charge in [-0.3, -0.25) is 0 Å². The summed E-state index contributed by atoms with van der Waals surface area (Å²) in [5.41, 5.74) is 5.60. The number of fused-ring (bicyclic) bond motifs is 4. The van der Waals surface area contributed by atoms with Gasteiger partial charge in [0.25, 0.3) is 0 Å². The van der Waals surface area contributed by atoms with E-state index in [-0.39, 0.29) is 19.4 Å². The van der Waals surface area contributed by atoms with Gasteiger partial charge >= 0.3 is 221 Å². The average molecular weight is 1420 g/mol. The van der Waals surface area contributed by atoms with Crippen LogP contribution in [0, 0.1) is 0 Å². The molecule has 0 aromatic carbocycles. The Morgan fingerprint density at radius 1 is 0.468 bits per heavy atom. The molecule has 0 saturated carbocycles. The van der Waals surface area contributed by atoms with E-state index in [9.17, 15) is 9.59 Å². The molecule has 8 aromatic heterocycles. The molecule has 8 aromatic rings. The number of carbonyl (C=O) groups is 2. The zero-order valence-electron chi connectivity index (χ0n) is 49.2. The van der Waals surface area contributed by atoms with E-state index in [0.29, 0.717) is 54.0 Å². The smallest absolute Gasteiger partial charge is 0.342 e. The summed E-state index contributed by atoms with van der Waals surface area (Å²) in [5, 5.41) is 0. The molecule has 0 bridgehead atoms. The maximum absolute atomic E-state index is 12.8. The number of rotatable bonds is 23. The molecule has 0 saturated heterocycles. The molecule has 18 heteroatoms. The van der Waals surface area contributed by atoms with E-state index in [1.807, 2.05) is 27.2 Å². The van der Waals surface area contributed by atoms with Crippen LogP contribution in [0.4, 0.5) is 0 Å². The summed E-state index contributed by atoms with van der Waals surface area (Å²) in [6, 6.07) is 14.0. The van der Waals surface area contributed by atoms with E-state index in [0.717, 1.165) is 45.2 Å². The first-order chi connectivity index (χ1) is 36.9. The summed E-state index contributed by atoms with van der Waals surface area (Å²) in [6.07, 6.45) is 8.49. The van der Waals surface area contributed by atoms with Gasteiger partial charge in [0.2, 0.25) is 0 Å². The van der Waals surface area contributed by atoms with Crippen molar-refractivity contribution >= 4 is 221 Å². The number of thiophene rings is 8. The van der Waals surface area contributed by atoms with Gasteiger partial charge in [0.05, 0.1) is 41.7 Å². The molecule has 0 N–H and O–H groups in total. The van der Waals surface area contributed by atoms with Crippen molar-refractivity contribution in [1.29, 1.82) is 0 Å². The predicted molar refractivity (Wildman–Crippen MR) is 377 cm³/mol. The molecule has 0 fully saturated rings. The monoisotopic (exact) mass is 1420 g/mol. The fourth-order valence-corrected chi connectivity index (χ4v) is 61.4. The molecule has 79 heavy (non-hydrogen) atoms. The summed E-state index contributed by atoms with van der Waals surface area (Å²) in [5.74, 6) is -0.636. The van der Waals surface area contributed by atoms with Crippen molar-refractivity contribution in [2.24, 2.45) is 0 Å². The van der Waals surface area contributed by atoms with Gasteiger partial charge in [-0.15, -0.1) is 68.0 Å². The fourth-order valence-electron chi connectivity index (χ4n) is 13.1. The summed E-state index contributed by atoms with van der Waals surface area (Å²) in [7, 11) is -3.20. The molecule has 4 nitrogen and oxygen atoms in total. The average Bonchev–Trinajstić information content (AvgIpc) is 4.38. The Balaban J connectivity index is 0.000000230. The number of ether oxygens (including phenoxy) is 2. The van der Waals surface area contributed by atoms with Crippen molar-refractivity contribution in [2.45, 2.75) is 210 Å². The fraction of sp³-hybridized carbons (Fsp3) is 0.574. The van der Waals surface area contributed by atoms with Crippen LogP contribution < -0.4 is 11.9 Å². The molecule has 8 heterocycles. The first-order valence-corrected chi connectivity index (χ1v) is 48.1. The van der Waals surface area contributed by atoms with E-state index in [4.69, 9.17) is 44.3 Å². The maximum Gasteiger partial charge on any atom is 0.342 e. The van der Waals surface area contributed by atoms with Crippen LogP contribution >= 0.6 is 125 Å². The van der Waals surface area contributed by atoms with Crippen LogP contribution in [0.1, 0.15) is 184 Å². The van der Waals surface area contributed by atoms with Gasteiger partial charge in [-0.25, -0.2) is 9.59 Å². The molecule has 0 aliphatic heterocycles. The van der Waals surface area contributed by atoms with E-state index < -0.39 is 34.5 Å². The van der Waals surface area contributed by atoms with Crippen molar-refractivity contribution < 1.29 is 19.1 Å². The van der Waals surface area contributed by atoms with Crippen LogP contribution in [0.2, 0.25) is 59.6 Å². The second-order valence-electron chi connectivity index (χ2n) is 22.8. The standard InChI is InChI=1S/C24H29ClO2S4Si.C15H23S2Si.C9H6Cl2O2S2.3C4H9.CH4.Sn/c1-8-27-24(26)21-22(30-18-10-19(25)31-23(18)21)17-9-15-16(28-17)11-20(29-15)32(12(2)3,13(4)5)14(6)7;1-10(2)18(11(3)4,12(5)6)15-9-14-13(17-15)7-8-16-14;1-2-13-9(12)6-7-4(14-8(6)11)3-5(10)15-7;3*1-3-4-2;;/h9-14H,8H2,1-7H3;7,9-12H,1-6H3;3H,2H2,1H3;3*1,3-4H2,2H3;1H4;. The molecule has 0 aliphatic rings. The topological polar surface area (TPSA) is 52.6 Å². The first-order valence-electron chi connectivity index (χ1n) is 28.4. The maximum atomic E-state index is 12.8. The van der Waals surface area contributed by atoms with Crippen molar-refractivity contribution in [3.8, 4) is 9.75 Å². The molecule has 0 unspecified atom stereocenters. The molecule has 0 aliphatic carbocycles. The first kappa shape index (κ1) is 69.5. The largest absolute Gasteiger partial charge is 0.462 e. The zero-order chi connectivity index (χ0) is 57.6. The molecular formula is C61H89Cl3O4S8Si2Sn. The SMILES string of the molecule is C.CCC[CH2][Sn]([CH2]CCC)([CH2]CCC)[c]1cc2sc([Si](C(C)C)(C(C)C)C(C)C)cc2s1.CCOC(=O)c1c(-c2cc3sc([Si](C(C)C)(C(C)C)C(C)C)cc3s2)sc2cc(Cl)sc12.CCOC(=O)c1c(Cl)sc2cc(Cl)sc12. The molecule has 8 rings (SSSR count). The van der Waals surface area contributed by atoms with Crippen LogP contribution in [0.5, 0.6) is 0 Å². The second-order valence-corrected chi connectivity index (χ2v) is 59.8. The molecule has 0 atom stereocenters. The second kappa shape index (κ2) is 30.3. The number of esters is 2. The summed E-state index contributed by atoms with van der Waals surface area (Å²) in [6.45, 7) is 41.0. The van der Waals surface area contributed by atoms with Gasteiger partial charge in [0.15, 0.2) is 0 Å². The van der Waals surface area contributed by atoms with Crippen molar-refractivity contribution in [1.82, 2.24) is 0 Å². The van der Waals surface area contributed by atoms with Crippen LogP contribution in [0.3, 0.4) is 0 Å². The Labute approximate surface area is 528 Å². The Morgan fingerprint density at radius 2 is 0.848 bits per heavy atom. The van der Waals surface area contributed by atoms with E-state index in [1.165, 1.54) is 81.9 Å². The minimum Gasteiger partial charge on any atom is -0.462 e. The molecule has 0 radical (unpaired) electrons. The van der Waals surface area contributed by atoms with Crippen molar-refractivity contribution in [3.05, 3.63) is 60.5 Å². The normalized spacial score (nSPS) is 12.5. The number of carbonyl (C=O) groups excluding carboxylic acids is 2. The van der Waals surface area contributed by atoms with E-state index in [2.05, 4.69) is 151 Å². The van der Waals surface area contributed by atoms with E-state index >= 15 is 0 Å². The van der Waals surface area contributed by atoms with Crippen LogP contribution in [0.25, 0.3) is 47.4 Å². The van der Waals surface area contributed by atoms with Crippen LogP contribution in [-0.4, -0.2) is 59.7 Å².